The number of aryl methyl sites for hydroxylation is 2. The Kier molecular flexibility index (Phi) is 6.71. The second kappa shape index (κ2) is 9.91. The molecule has 1 aromatic carbocycles. The van der Waals surface area contributed by atoms with Crippen LogP contribution in [0.1, 0.15) is 40.1 Å². The fourth-order valence-corrected chi connectivity index (χ4v) is 6.37. The molecule has 7 heteroatoms. The minimum Gasteiger partial charge on any atom is -0.318 e. The van der Waals surface area contributed by atoms with Crippen LogP contribution in [-0.2, 0) is 23.3 Å². The van der Waals surface area contributed by atoms with Gasteiger partial charge in [0.25, 0.3) is 5.91 Å². The van der Waals surface area contributed by atoms with Gasteiger partial charge in [-0.25, -0.2) is 4.79 Å². The number of piperidine rings is 1. The maximum atomic E-state index is 13.9. The Hall–Kier alpha value is -3.03. The van der Waals surface area contributed by atoms with Crippen LogP contribution < -0.4 is 5.32 Å². The second-order valence-electron chi connectivity index (χ2n) is 9.79. The van der Waals surface area contributed by atoms with Crippen molar-refractivity contribution in [3.8, 4) is 0 Å². The number of thiophene rings is 1. The number of pyridine rings is 1. The monoisotopic (exact) mass is 488 g/mol. The highest BCUT2D eigenvalue weighted by Crippen LogP contribution is 2.41. The Morgan fingerprint density at radius 3 is 2.49 bits per heavy atom. The third-order valence-electron chi connectivity index (χ3n) is 7.25. The van der Waals surface area contributed by atoms with Gasteiger partial charge in [-0.2, -0.15) is 0 Å². The Balaban J connectivity index is 1.34. The number of hydrogen-bond donors (Lipinski definition) is 1. The molecule has 3 amide bonds. The molecule has 4 heterocycles. The zero-order valence-corrected chi connectivity index (χ0v) is 21.2. The number of urea groups is 1. The van der Waals surface area contributed by atoms with E-state index < -0.39 is 5.54 Å². The number of imide groups is 1. The van der Waals surface area contributed by atoms with Gasteiger partial charge in [0, 0.05) is 24.2 Å². The van der Waals surface area contributed by atoms with Crippen LogP contribution in [0.3, 0.4) is 0 Å². The van der Waals surface area contributed by atoms with Crippen molar-refractivity contribution >= 4 is 23.3 Å². The molecule has 3 aromatic rings. The van der Waals surface area contributed by atoms with Gasteiger partial charge < -0.3 is 5.32 Å². The lowest BCUT2D eigenvalue weighted by Gasteiger charge is -2.40. The van der Waals surface area contributed by atoms with Crippen molar-refractivity contribution in [1.82, 2.24) is 20.1 Å². The summed E-state index contributed by atoms with van der Waals surface area (Å²) in [5.74, 6) is -0.165. The van der Waals surface area contributed by atoms with Crippen LogP contribution in [0.5, 0.6) is 0 Å². The van der Waals surface area contributed by atoms with Gasteiger partial charge in [0.1, 0.15) is 0 Å². The van der Waals surface area contributed by atoms with E-state index in [1.54, 1.807) is 17.5 Å². The highest BCUT2D eigenvalue weighted by molar-refractivity contribution is 7.09. The number of benzene rings is 1. The largest absolute Gasteiger partial charge is 0.325 e. The lowest BCUT2D eigenvalue weighted by molar-refractivity contribution is -0.134. The SMILES string of the molecule is Cc1cc(C)cc(CN2CCC([C@@]3(c4ccccn4)NC(=O)N(CCc4cccs4)C3=O)CC2)c1. The summed E-state index contributed by atoms with van der Waals surface area (Å²) in [6.07, 6.45) is 4.03. The number of carbonyl (C=O) groups excluding carboxylic acids is 2. The number of hydrogen-bond acceptors (Lipinski definition) is 5. The Labute approximate surface area is 211 Å². The standard InChI is InChI=1S/C28H32N4O2S/c1-20-16-21(2)18-22(17-20)19-31-12-8-23(9-13-31)28(25-7-3-4-11-29-25)26(33)32(27(34)30-28)14-10-24-6-5-15-35-24/h3-7,11,15-18,23H,8-10,12-14,19H2,1-2H3,(H,30,34)/t28-/m0/s1. The number of nitrogens with zero attached hydrogens (tertiary/aromatic N) is 3. The van der Waals surface area contributed by atoms with E-state index in [2.05, 4.69) is 47.2 Å². The van der Waals surface area contributed by atoms with Crippen molar-refractivity contribution < 1.29 is 9.59 Å². The van der Waals surface area contributed by atoms with E-state index in [4.69, 9.17) is 0 Å². The second-order valence-corrected chi connectivity index (χ2v) is 10.8. The van der Waals surface area contributed by atoms with Crippen LogP contribution in [0.4, 0.5) is 4.79 Å². The maximum Gasteiger partial charge on any atom is 0.325 e. The van der Waals surface area contributed by atoms with Crippen LogP contribution in [-0.4, -0.2) is 46.4 Å². The van der Waals surface area contributed by atoms with Crippen LogP contribution in [0.25, 0.3) is 0 Å². The summed E-state index contributed by atoms with van der Waals surface area (Å²) in [4.78, 5) is 36.6. The molecule has 1 atom stereocenters. The molecule has 2 aliphatic rings. The number of nitrogens with one attached hydrogen (secondary N) is 1. The Morgan fingerprint density at radius 2 is 1.83 bits per heavy atom. The van der Waals surface area contributed by atoms with Gasteiger partial charge in [0.15, 0.2) is 5.54 Å². The Morgan fingerprint density at radius 1 is 1.06 bits per heavy atom. The van der Waals surface area contributed by atoms with Gasteiger partial charge in [-0.05, 0) is 81.3 Å². The average molecular weight is 489 g/mol. The number of carbonyl (C=O) groups is 2. The first-order valence-electron chi connectivity index (χ1n) is 12.3. The maximum absolute atomic E-state index is 13.9. The normalized spacial score (nSPS) is 21.5. The first kappa shape index (κ1) is 23.7. The van der Waals surface area contributed by atoms with E-state index >= 15 is 0 Å². The summed E-state index contributed by atoms with van der Waals surface area (Å²) in [6, 6.07) is 16.0. The molecule has 2 fully saturated rings. The van der Waals surface area contributed by atoms with Crippen molar-refractivity contribution in [3.05, 3.63) is 87.4 Å². The molecule has 0 radical (unpaired) electrons. The molecule has 0 spiro atoms. The fourth-order valence-electron chi connectivity index (χ4n) is 5.67. The molecular weight excluding hydrogens is 456 g/mol. The van der Waals surface area contributed by atoms with Gasteiger partial charge in [0.2, 0.25) is 0 Å². The van der Waals surface area contributed by atoms with Gasteiger partial charge in [0.05, 0.1) is 5.69 Å². The molecule has 0 bridgehead atoms. The number of amides is 3. The fraction of sp³-hybridized carbons (Fsp3) is 0.393. The van der Waals surface area contributed by atoms with Crippen molar-refractivity contribution in [2.75, 3.05) is 19.6 Å². The topological polar surface area (TPSA) is 65.5 Å². The minimum absolute atomic E-state index is 0.00363. The van der Waals surface area contributed by atoms with Gasteiger partial charge in [-0.15, -0.1) is 11.3 Å². The van der Waals surface area contributed by atoms with Gasteiger partial charge >= 0.3 is 6.03 Å². The van der Waals surface area contributed by atoms with Crippen molar-refractivity contribution in [3.63, 3.8) is 0 Å². The highest BCUT2D eigenvalue weighted by atomic mass is 32.1. The van der Waals surface area contributed by atoms with E-state index in [0.717, 1.165) is 32.5 Å². The van der Waals surface area contributed by atoms with Gasteiger partial charge in [-0.3, -0.25) is 19.6 Å². The molecule has 0 saturated carbocycles. The predicted molar refractivity (Wildman–Crippen MR) is 138 cm³/mol. The quantitative estimate of drug-likeness (QED) is 0.491. The van der Waals surface area contributed by atoms with Crippen molar-refractivity contribution in [2.24, 2.45) is 5.92 Å². The molecular formula is C28H32N4O2S. The van der Waals surface area contributed by atoms with Crippen LogP contribution in [0.15, 0.2) is 60.1 Å². The molecule has 2 aromatic heterocycles. The molecule has 5 rings (SSSR count). The summed E-state index contributed by atoms with van der Waals surface area (Å²) >= 11 is 1.65. The van der Waals surface area contributed by atoms with Crippen molar-refractivity contribution in [1.29, 1.82) is 0 Å². The van der Waals surface area contributed by atoms with E-state index in [9.17, 15) is 9.59 Å². The highest BCUT2D eigenvalue weighted by Gasteiger charge is 2.57. The summed E-state index contributed by atoms with van der Waals surface area (Å²) in [7, 11) is 0. The summed E-state index contributed by atoms with van der Waals surface area (Å²) < 4.78 is 0. The molecule has 2 saturated heterocycles. The van der Waals surface area contributed by atoms with Crippen LogP contribution in [0, 0.1) is 19.8 Å². The Bertz CT molecular complexity index is 1170. The number of aromatic nitrogens is 1. The van der Waals surface area contributed by atoms with E-state index in [1.807, 2.05) is 35.7 Å². The molecule has 0 unspecified atom stereocenters. The molecule has 0 aliphatic carbocycles. The molecule has 182 valence electrons. The number of likely N-dealkylation sites (tertiary alicyclic amines) is 1. The van der Waals surface area contributed by atoms with E-state index in [1.165, 1.54) is 26.5 Å². The first-order valence-corrected chi connectivity index (χ1v) is 13.2. The predicted octanol–water partition coefficient (Wildman–Crippen LogP) is 4.66. The zero-order chi connectivity index (χ0) is 24.4. The van der Waals surface area contributed by atoms with Crippen LogP contribution in [0.2, 0.25) is 0 Å². The molecule has 2 aliphatic heterocycles. The zero-order valence-electron chi connectivity index (χ0n) is 20.4. The van der Waals surface area contributed by atoms with Gasteiger partial charge in [-0.1, -0.05) is 41.5 Å². The average Bonchev–Trinajstić information content (AvgIpc) is 3.45. The molecule has 1 N–H and O–H groups in total. The molecule has 6 nitrogen and oxygen atoms in total. The smallest absolute Gasteiger partial charge is 0.318 e. The first-order chi connectivity index (χ1) is 17.0. The van der Waals surface area contributed by atoms with E-state index in [0.29, 0.717) is 18.7 Å². The molecule has 35 heavy (non-hydrogen) atoms. The minimum atomic E-state index is -1.10. The third kappa shape index (κ3) is 4.75. The summed E-state index contributed by atoms with van der Waals surface area (Å²) in [5.41, 5.74) is 3.44. The lowest BCUT2D eigenvalue weighted by atomic mass is 9.75. The van der Waals surface area contributed by atoms with E-state index in [-0.39, 0.29) is 17.9 Å². The lowest BCUT2D eigenvalue weighted by Crippen LogP contribution is -2.54. The van der Waals surface area contributed by atoms with Crippen molar-refractivity contribution in [2.45, 2.75) is 45.2 Å². The van der Waals surface area contributed by atoms with Crippen LogP contribution >= 0.6 is 11.3 Å². The summed E-state index contributed by atoms with van der Waals surface area (Å²) in [6.45, 7) is 7.31. The third-order valence-corrected chi connectivity index (χ3v) is 8.19. The number of rotatable bonds is 7. The summed E-state index contributed by atoms with van der Waals surface area (Å²) in [5, 5.41) is 5.14.